The topological polar surface area (TPSA) is 63.7 Å². The van der Waals surface area contributed by atoms with Crippen molar-refractivity contribution in [3.05, 3.63) is 46.7 Å². The molecule has 0 atom stereocenters. The van der Waals surface area contributed by atoms with Gasteiger partial charge >= 0.3 is 0 Å². The van der Waals surface area contributed by atoms with Crippen molar-refractivity contribution in [1.82, 2.24) is 4.31 Å². The highest BCUT2D eigenvalue weighted by Crippen LogP contribution is 2.28. The van der Waals surface area contributed by atoms with Gasteiger partial charge in [0.2, 0.25) is 10.0 Å². The molecule has 0 N–H and O–H groups in total. The summed E-state index contributed by atoms with van der Waals surface area (Å²) in [4.78, 5) is 13.4. The Balaban J connectivity index is 1.66. The third kappa shape index (κ3) is 3.94. The summed E-state index contributed by atoms with van der Waals surface area (Å²) in [5, 5.41) is 1.89. The lowest BCUT2D eigenvalue weighted by molar-refractivity contribution is 0.0879. The summed E-state index contributed by atoms with van der Waals surface area (Å²) in [6.07, 6.45) is 1.12. The van der Waals surface area contributed by atoms with E-state index in [2.05, 4.69) is 0 Å². The molecule has 3 rings (SSSR count). The highest BCUT2D eigenvalue weighted by Gasteiger charge is 2.32. The lowest BCUT2D eigenvalue weighted by Gasteiger charge is -2.30. The first-order chi connectivity index (χ1) is 12.0. The molecular formula is C18H21NO4S2. The molecule has 2 aromatic rings. The van der Waals surface area contributed by atoms with E-state index in [0.717, 1.165) is 4.88 Å². The van der Waals surface area contributed by atoms with E-state index >= 15 is 0 Å². The number of Topliss-reactive ketones (excluding diaryl/α,β-unsaturated/α-hetero) is 1. The molecule has 1 aromatic heterocycles. The Hall–Kier alpha value is -1.70. The minimum Gasteiger partial charge on any atom is -0.494 e. The van der Waals surface area contributed by atoms with E-state index in [4.69, 9.17) is 4.74 Å². The van der Waals surface area contributed by atoms with Crippen LogP contribution in [0.4, 0.5) is 0 Å². The standard InChI is InChI=1S/C18H21NO4S2/c1-2-23-15-5-7-16(8-6-15)25(21,22)19-11-9-14(10-12-19)18(20)17-4-3-13-24-17/h3-8,13-14H,2,9-12H2,1H3. The summed E-state index contributed by atoms with van der Waals surface area (Å²) in [5.74, 6) is 0.695. The van der Waals surface area contributed by atoms with E-state index in [9.17, 15) is 13.2 Å². The number of hydrogen-bond donors (Lipinski definition) is 0. The maximum atomic E-state index is 12.8. The van der Waals surface area contributed by atoms with Crippen molar-refractivity contribution in [3.63, 3.8) is 0 Å². The fourth-order valence-electron chi connectivity index (χ4n) is 3.00. The Morgan fingerprint density at radius 3 is 2.44 bits per heavy atom. The molecule has 1 aromatic carbocycles. The number of rotatable bonds is 6. The Morgan fingerprint density at radius 1 is 1.20 bits per heavy atom. The maximum absolute atomic E-state index is 12.8. The summed E-state index contributed by atoms with van der Waals surface area (Å²) in [5.41, 5.74) is 0. The molecule has 1 aliphatic rings. The Bertz CT molecular complexity index is 805. The zero-order chi connectivity index (χ0) is 17.9. The van der Waals surface area contributed by atoms with Gasteiger partial charge in [-0.3, -0.25) is 4.79 Å². The van der Waals surface area contributed by atoms with E-state index in [1.54, 1.807) is 24.3 Å². The van der Waals surface area contributed by atoms with Crippen LogP contribution in [0.5, 0.6) is 5.75 Å². The first-order valence-corrected chi connectivity index (χ1v) is 10.6. The number of nitrogens with zero attached hydrogens (tertiary/aromatic N) is 1. The second-order valence-corrected chi connectivity index (χ2v) is 8.81. The molecule has 1 saturated heterocycles. The van der Waals surface area contributed by atoms with Crippen molar-refractivity contribution in [3.8, 4) is 5.75 Å². The third-order valence-electron chi connectivity index (χ3n) is 4.36. The van der Waals surface area contributed by atoms with Crippen molar-refractivity contribution >= 4 is 27.1 Å². The normalized spacial score (nSPS) is 16.7. The summed E-state index contributed by atoms with van der Waals surface area (Å²) >= 11 is 1.44. The van der Waals surface area contributed by atoms with Crippen molar-refractivity contribution in [1.29, 1.82) is 0 Å². The average Bonchev–Trinajstić information content (AvgIpc) is 3.17. The smallest absolute Gasteiger partial charge is 0.243 e. The van der Waals surface area contributed by atoms with Gasteiger partial charge in [-0.1, -0.05) is 6.07 Å². The first-order valence-electron chi connectivity index (χ1n) is 8.33. The fraction of sp³-hybridized carbons (Fsp3) is 0.389. The quantitative estimate of drug-likeness (QED) is 0.722. The molecule has 0 unspecified atom stereocenters. The number of piperidine rings is 1. The van der Waals surface area contributed by atoms with Gasteiger partial charge in [0, 0.05) is 19.0 Å². The minimum atomic E-state index is -3.53. The Kier molecular flexibility index (Phi) is 5.56. The third-order valence-corrected chi connectivity index (χ3v) is 7.16. The molecule has 5 nitrogen and oxygen atoms in total. The van der Waals surface area contributed by atoms with Gasteiger partial charge in [0.25, 0.3) is 0 Å². The minimum absolute atomic E-state index is 0.0922. The average molecular weight is 380 g/mol. The van der Waals surface area contributed by atoms with Gasteiger partial charge in [-0.2, -0.15) is 4.31 Å². The lowest BCUT2D eigenvalue weighted by atomic mass is 9.93. The van der Waals surface area contributed by atoms with E-state index in [1.165, 1.54) is 15.6 Å². The van der Waals surface area contributed by atoms with Crippen LogP contribution in [0.1, 0.15) is 29.4 Å². The van der Waals surface area contributed by atoms with Crippen LogP contribution in [-0.2, 0) is 10.0 Å². The van der Waals surface area contributed by atoms with Gasteiger partial charge in [0.05, 0.1) is 16.4 Å². The van der Waals surface area contributed by atoms with E-state index in [0.29, 0.717) is 38.3 Å². The summed E-state index contributed by atoms with van der Waals surface area (Å²) < 4.78 is 32.4. The summed E-state index contributed by atoms with van der Waals surface area (Å²) in [6.45, 7) is 3.17. The number of sulfonamides is 1. The van der Waals surface area contributed by atoms with Gasteiger partial charge in [-0.05, 0) is 55.5 Å². The van der Waals surface area contributed by atoms with E-state index < -0.39 is 10.0 Å². The monoisotopic (exact) mass is 379 g/mol. The van der Waals surface area contributed by atoms with E-state index in [-0.39, 0.29) is 16.6 Å². The van der Waals surface area contributed by atoms with Gasteiger partial charge in [-0.25, -0.2) is 8.42 Å². The SMILES string of the molecule is CCOc1ccc(S(=O)(=O)N2CCC(C(=O)c3cccs3)CC2)cc1. The number of hydrogen-bond acceptors (Lipinski definition) is 5. The number of thiophene rings is 1. The van der Waals surface area contributed by atoms with E-state index in [1.807, 2.05) is 24.4 Å². The van der Waals surface area contributed by atoms with Crippen LogP contribution < -0.4 is 4.74 Å². The van der Waals surface area contributed by atoms with Gasteiger partial charge in [0.1, 0.15) is 5.75 Å². The molecule has 134 valence electrons. The van der Waals surface area contributed by atoms with Crippen LogP contribution in [0.15, 0.2) is 46.7 Å². The summed E-state index contributed by atoms with van der Waals surface area (Å²) in [6, 6.07) is 10.2. The van der Waals surface area contributed by atoms with Crippen LogP contribution in [0.3, 0.4) is 0 Å². The number of carbonyl (C=O) groups is 1. The Labute approximate surface area is 152 Å². The molecule has 0 spiro atoms. The highest BCUT2D eigenvalue weighted by atomic mass is 32.2. The molecule has 7 heteroatoms. The predicted octanol–water partition coefficient (Wildman–Crippen LogP) is 3.43. The van der Waals surface area contributed by atoms with Crippen LogP contribution >= 0.6 is 11.3 Å². The second-order valence-electron chi connectivity index (χ2n) is 5.92. The molecule has 1 fully saturated rings. The first kappa shape index (κ1) is 18.1. The predicted molar refractivity (Wildman–Crippen MR) is 97.7 cm³/mol. The number of benzene rings is 1. The van der Waals surface area contributed by atoms with Crippen molar-refractivity contribution in [2.45, 2.75) is 24.7 Å². The molecule has 25 heavy (non-hydrogen) atoms. The van der Waals surface area contributed by atoms with Crippen molar-refractivity contribution in [2.24, 2.45) is 5.92 Å². The van der Waals surface area contributed by atoms with Gasteiger partial charge < -0.3 is 4.74 Å². The molecule has 0 radical (unpaired) electrons. The second kappa shape index (κ2) is 7.68. The number of ketones is 1. The van der Waals surface area contributed by atoms with Crippen molar-refractivity contribution in [2.75, 3.05) is 19.7 Å². The zero-order valence-corrected chi connectivity index (χ0v) is 15.7. The lowest BCUT2D eigenvalue weighted by Crippen LogP contribution is -2.40. The van der Waals surface area contributed by atoms with Crippen LogP contribution in [0.25, 0.3) is 0 Å². The molecular weight excluding hydrogens is 358 g/mol. The Morgan fingerprint density at radius 2 is 1.88 bits per heavy atom. The number of carbonyl (C=O) groups excluding carboxylic acids is 1. The molecule has 2 heterocycles. The molecule has 0 aliphatic carbocycles. The fourth-order valence-corrected chi connectivity index (χ4v) is 5.22. The van der Waals surface area contributed by atoms with Gasteiger partial charge in [-0.15, -0.1) is 11.3 Å². The zero-order valence-electron chi connectivity index (χ0n) is 14.1. The van der Waals surface area contributed by atoms with Gasteiger partial charge in [0.15, 0.2) is 5.78 Å². The molecule has 1 aliphatic heterocycles. The molecule has 0 bridgehead atoms. The van der Waals surface area contributed by atoms with Crippen LogP contribution in [-0.4, -0.2) is 38.2 Å². The molecule has 0 amide bonds. The molecule has 0 saturated carbocycles. The number of ether oxygens (including phenoxy) is 1. The summed E-state index contributed by atoms with van der Waals surface area (Å²) in [7, 11) is -3.53. The van der Waals surface area contributed by atoms with Crippen LogP contribution in [0.2, 0.25) is 0 Å². The largest absolute Gasteiger partial charge is 0.494 e. The highest BCUT2D eigenvalue weighted by molar-refractivity contribution is 7.89. The van der Waals surface area contributed by atoms with Crippen molar-refractivity contribution < 1.29 is 17.9 Å². The maximum Gasteiger partial charge on any atom is 0.243 e. The van der Waals surface area contributed by atoms with Crippen LogP contribution in [0, 0.1) is 5.92 Å².